The minimum absolute atomic E-state index is 0.0589. The molecule has 0 saturated heterocycles. The topological polar surface area (TPSA) is 59.8 Å². The molecule has 110 valence electrons. The Morgan fingerprint density at radius 3 is 2.95 bits per heavy atom. The Balaban J connectivity index is 1.91. The molecule has 0 aliphatic heterocycles. The molecule has 2 aromatic rings. The van der Waals surface area contributed by atoms with Gasteiger partial charge in [-0.3, -0.25) is 4.79 Å². The van der Waals surface area contributed by atoms with E-state index in [9.17, 15) is 4.79 Å². The molecule has 1 amide bonds. The van der Waals surface area contributed by atoms with E-state index in [1.165, 1.54) is 17.3 Å². The van der Waals surface area contributed by atoms with Crippen molar-refractivity contribution >= 4 is 23.4 Å². The molecule has 0 bridgehead atoms. The van der Waals surface area contributed by atoms with Gasteiger partial charge >= 0.3 is 0 Å². The molecule has 1 aromatic heterocycles. The number of thioether (sulfide) groups is 1. The first kappa shape index (κ1) is 15.3. The molecule has 1 aromatic carbocycles. The number of hydrogen-bond donors (Lipinski definition) is 1. The third kappa shape index (κ3) is 4.19. The highest BCUT2D eigenvalue weighted by Gasteiger charge is 2.08. The van der Waals surface area contributed by atoms with Crippen molar-refractivity contribution in [3.63, 3.8) is 0 Å². The van der Waals surface area contributed by atoms with Crippen LogP contribution in [-0.2, 0) is 11.3 Å². The molecule has 2 rings (SSSR count). The fraction of sp³-hybridized carbons (Fsp3) is 0.267. The zero-order valence-electron chi connectivity index (χ0n) is 12.2. The molecule has 0 aliphatic carbocycles. The number of benzene rings is 1. The van der Waals surface area contributed by atoms with Crippen molar-refractivity contribution in [2.45, 2.75) is 25.5 Å². The quantitative estimate of drug-likeness (QED) is 0.658. The molecule has 0 unspecified atom stereocenters. The zero-order chi connectivity index (χ0) is 15.2. The number of amides is 1. The lowest BCUT2D eigenvalue weighted by Crippen LogP contribution is -2.14. The maximum atomic E-state index is 12.0. The summed E-state index contributed by atoms with van der Waals surface area (Å²) in [6.45, 7) is 8.38. The molecular weight excluding hydrogens is 284 g/mol. The third-order valence-electron chi connectivity index (χ3n) is 3.03. The molecule has 21 heavy (non-hydrogen) atoms. The van der Waals surface area contributed by atoms with Gasteiger partial charge in [0, 0.05) is 12.2 Å². The number of nitrogens with one attached hydrogen (secondary N) is 1. The first-order valence-corrected chi connectivity index (χ1v) is 7.57. The van der Waals surface area contributed by atoms with Crippen LogP contribution >= 0.6 is 11.8 Å². The SMILES string of the molecule is C=CCn1cnnc1SCC(=O)Nc1ccc(C)c(C)c1. The van der Waals surface area contributed by atoms with E-state index in [1.54, 1.807) is 12.4 Å². The van der Waals surface area contributed by atoms with Crippen molar-refractivity contribution in [1.29, 1.82) is 0 Å². The Kier molecular flexibility index (Phi) is 5.16. The average molecular weight is 302 g/mol. The fourth-order valence-electron chi connectivity index (χ4n) is 1.77. The van der Waals surface area contributed by atoms with Crippen molar-refractivity contribution in [3.05, 3.63) is 48.3 Å². The molecule has 1 N–H and O–H groups in total. The van der Waals surface area contributed by atoms with Gasteiger partial charge < -0.3 is 9.88 Å². The number of rotatable bonds is 6. The number of allylic oxidation sites excluding steroid dienone is 1. The van der Waals surface area contributed by atoms with Gasteiger partial charge in [-0.2, -0.15) is 0 Å². The summed E-state index contributed by atoms with van der Waals surface area (Å²) in [5, 5.41) is 11.4. The summed E-state index contributed by atoms with van der Waals surface area (Å²) in [7, 11) is 0. The monoisotopic (exact) mass is 302 g/mol. The minimum Gasteiger partial charge on any atom is -0.325 e. The predicted molar refractivity (Wildman–Crippen MR) is 85.5 cm³/mol. The van der Waals surface area contributed by atoms with Crippen molar-refractivity contribution in [2.75, 3.05) is 11.1 Å². The number of carbonyl (C=O) groups is 1. The van der Waals surface area contributed by atoms with Gasteiger partial charge in [-0.25, -0.2) is 0 Å². The second-order valence-corrected chi connectivity index (χ2v) is 5.63. The minimum atomic E-state index is -0.0589. The van der Waals surface area contributed by atoms with Gasteiger partial charge in [0.2, 0.25) is 5.91 Å². The largest absolute Gasteiger partial charge is 0.325 e. The van der Waals surface area contributed by atoms with Gasteiger partial charge in [0.1, 0.15) is 6.33 Å². The van der Waals surface area contributed by atoms with Gasteiger partial charge in [0.15, 0.2) is 5.16 Å². The van der Waals surface area contributed by atoms with Crippen LogP contribution in [0.3, 0.4) is 0 Å². The number of anilines is 1. The summed E-state index contributed by atoms with van der Waals surface area (Å²) in [5.41, 5.74) is 3.18. The van der Waals surface area contributed by atoms with E-state index in [2.05, 4.69) is 22.1 Å². The van der Waals surface area contributed by atoms with Crippen LogP contribution in [0.2, 0.25) is 0 Å². The summed E-state index contributed by atoms with van der Waals surface area (Å²) in [6, 6.07) is 5.88. The van der Waals surface area contributed by atoms with Crippen molar-refractivity contribution in [3.8, 4) is 0 Å². The van der Waals surface area contributed by atoms with E-state index in [0.29, 0.717) is 17.5 Å². The van der Waals surface area contributed by atoms with Crippen LogP contribution in [-0.4, -0.2) is 26.4 Å². The molecule has 0 fully saturated rings. The van der Waals surface area contributed by atoms with Crippen LogP contribution in [0.4, 0.5) is 5.69 Å². The second-order valence-electron chi connectivity index (χ2n) is 4.69. The molecule has 5 nitrogen and oxygen atoms in total. The van der Waals surface area contributed by atoms with Crippen LogP contribution in [0.15, 0.2) is 42.3 Å². The molecule has 0 atom stereocenters. The summed E-state index contributed by atoms with van der Waals surface area (Å²) >= 11 is 1.36. The van der Waals surface area contributed by atoms with Crippen molar-refractivity contribution in [1.82, 2.24) is 14.8 Å². The fourth-order valence-corrected chi connectivity index (χ4v) is 2.49. The number of aryl methyl sites for hydroxylation is 2. The molecule has 0 aliphatic rings. The van der Waals surface area contributed by atoms with Crippen LogP contribution in [0, 0.1) is 13.8 Å². The van der Waals surface area contributed by atoms with Gasteiger partial charge in [-0.15, -0.1) is 16.8 Å². The Bertz CT molecular complexity index is 651. The van der Waals surface area contributed by atoms with E-state index >= 15 is 0 Å². The molecular formula is C15H18N4OS. The van der Waals surface area contributed by atoms with Crippen LogP contribution < -0.4 is 5.32 Å². The zero-order valence-corrected chi connectivity index (χ0v) is 13.0. The first-order valence-electron chi connectivity index (χ1n) is 6.58. The molecule has 1 heterocycles. The molecule has 6 heteroatoms. The van der Waals surface area contributed by atoms with Gasteiger partial charge in [-0.05, 0) is 37.1 Å². The Morgan fingerprint density at radius 1 is 1.43 bits per heavy atom. The van der Waals surface area contributed by atoms with E-state index in [1.807, 2.05) is 36.6 Å². The number of hydrogen-bond acceptors (Lipinski definition) is 4. The van der Waals surface area contributed by atoms with Gasteiger partial charge in [-0.1, -0.05) is 23.9 Å². The highest BCUT2D eigenvalue weighted by atomic mass is 32.2. The smallest absolute Gasteiger partial charge is 0.234 e. The number of aromatic nitrogens is 3. The second kappa shape index (κ2) is 7.08. The van der Waals surface area contributed by atoms with E-state index in [0.717, 1.165) is 11.3 Å². The summed E-state index contributed by atoms with van der Waals surface area (Å²) < 4.78 is 1.85. The van der Waals surface area contributed by atoms with E-state index < -0.39 is 0 Å². The van der Waals surface area contributed by atoms with Crippen molar-refractivity contribution < 1.29 is 4.79 Å². The predicted octanol–water partition coefficient (Wildman–Crippen LogP) is 2.81. The number of carbonyl (C=O) groups excluding carboxylic acids is 1. The lowest BCUT2D eigenvalue weighted by Gasteiger charge is -2.07. The third-order valence-corrected chi connectivity index (χ3v) is 4.01. The summed E-state index contributed by atoms with van der Waals surface area (Å²) in [5.74, 6) is 0.236. The molecule has 0 spiro atoms. The van der Waals surface area contributed by atoms with Crippen LogP contribution in [0.1, 0.15) is 11.1 Å². The van der Waals surface area contributed by atoms with Gasteiger partial charge in [0.25, 0.3) is 0 Å². The normalized spacial score (nSPS) is 10.4. The van der Waals surface area contributed by atoms with Crippen LogP contribution in [0.5, 0.6) is 0 Å². The van der Waals surface area contributed by atoms with E-state index in [4.69, 9.17) is 0 Å². The number of nitrogens with zero attached hydrogens (tertiary/aromatic N) is 3. The van der Waals surface area contributed by atoms with Crippen LogP contribution in [0.25, 0.3) is 0 Å². The maximum Gasteiger partial charge on any atom is 0.234 e. The maximum absolute atomic E-state index is 12.0. The lowest BCUT2D eigenvalue weighted by molar-refractivity contribution is -0.113. The average Bonchev–Trinajstić information content (AvgIpc) is 2.89. The molecule has 0 saturated carbocycles. The Hall–Kier alpha value is -2.08. The van der Waals surface area contributed by atoms with Crippen molar-refractivity contribution in [2.24, 2.45) is 0 Å². The molecule has 0 radical (unpaired) electrons. The summed E-state index contributed by atoms with van der Waals surface area (Å²) in [6.07, 6.45) is 3.40. The highest BCUT2D eigenvalue weighted by molar-refractivity contribution is 7.99. The lowest BCUT2D eigenvalue weighted by atomic mass is 10.1. The standard InChI is InChI=1S/C15H18N4OS/c1-4-7-19-10-16-18-15(19)21-9-14(20)17-13-6-5-11(2)12(3)8-13/h4-6,8,10H,1,7,9H2,2-3H3,(H,17,20). The van der Waals surface area contributed by atoms with Gasteiger partial charge in [0.05, 0.1) is 5.75 Å². The first-order chi connectivity index (χ1) is 10.1. The van der Waals surface area contributed by atoms with E-state index in [-0.39, 0.29) is 5.91 Å². The Morgan fingerprint density at radius 2 is 2.24 bits per heavy atom. The highest BCUT2D eigenvalue weighted by Crippen LogP contribution is 2.17. The summed E-state index contributed by atoms with van der Waals surface area (Å²) in [4.78, 5) is 12.0. The Labute approximate surface area is 128 Å².